The van der Waals surface area contributed by atoms with Gasteiger partial charge in [0.25, 0.3) is 0 Å². The molecule has 15 heavy (non-hydrogen) atoms. The second kappa shape index (κ2) is 4.42. The smallest absolute Gasteiger partial charge is 0.0631 e. The molecule has 0 saturated carbocycles. The maximum absolute atomic E-state index is 5.84. The van der Waals surface area contributed by atoms with Gasteiger partial charge in [-0.05, 0) is 32.6 Å². The van der Waals surface area contributed by atoms with Crippen molar-refractivity contribution in [3.05, 3.63) is 0 Å². The standard InChI is InChI=1S/C13H25NO/c1-9(2)12-7-13-11(5-6-15-13)8-14(12)10(3)4/h9-13H,5-8H2,1-4H3. The minimum Gasteiger partial charge on any atom is -0.378 e. The summed E-state index contributed by atoms with van der Waals surface area (Å²) in [7, 11) is 0. The minimum absolute atomic E-state index is 0.562. The quantitative estimate of drug-likeness (QED) is 0.696. The van der Waals surface area contributed by atoms with E-state index in [0.717, 1.165) is 24.5 Å². The van der Waals surface area contributed by atoms with E-state index in [-0.39, 0.29) is 0 Å². The van der Waals surface area contributed by atoms with Crippen LogP contribution in [0.4, 0.5) is 0 Å². The number of rotatable bonds is 2. The molecule has 0 radical (unpaired) electrons. The molecule has 0 bridgehead atoms. The zero-order valence-corrected chi connectivity index (χ0v) is 10.6. The van der Waals surface area contributed by atoms with Crippen molar-refractivity contribution in [2.75, 3.05) is 13.2 Å². The second-order valence-electron chi connectivity index (χ2n) is 5.80. The molecule has 2 saturated heterocycles. The van der Waals surface area contributed by atoms with E-state index in [2.05, 4.69) is 32.6 Å². The minimum atomic E-state index is 0.562. The molecule has 0 aromatic carbocycles. The van der Waals surface area contributed by atoms with Gasteiger partial charge in [0, 0.05) is 31.2 Å². The van der Waals surface area contributed by atoms with Gasteiger partial charge < -0.3 is 4.74 Å². The first-order chi connectivity index (χ1) is 7.09. The molecule has 0 amide bonds. The maximum atomic E-state index is 5.84. The van der Waals surface area contributed by atoms with Crippen LogP contribution in [0.3, 0.4) is 0 Å². The summed E-state index contributed by atoms with van der Waals surface area (Å²) in [6.45, 7) is 11.6. The molecule has 88 valence electrons. The Morgan fingerprint density at radius 2 is 1.93 bits per heavy atom. The predicted octanol–water partition coefficient (Wildman–Crippen LogP) is 2.53. The van der Waals surface area contributed by atoms with Crippen LogP contribution in [-0.2, 0) is 4.74 Å². The summed E-state index contributed by atoms with van der Waals surface area (Å²) in [4.78, 5) is 2.69. The Labute approximate surface area is 94.0 Å². The third-order valence-corrected chi connectivity index (χ3v) is 4.12. The van der Waals surface area contributed by atoms with Gasteiger partial charge in [-0.15, -0.1) is 0 Å². The summed E-state index contributed by atoms with van der Waals surface area (Å²) in [5.74, 6) is 1.56. The first-order valence-electron chi connectivity index (χ1n) is 6.47. The van der Waals surface area contributed by atoms with Gasteiger partial charge >= 0.3 is 0 Å². The van der Waals surface area contributed by atoms with Crippen LogP contribution >= 0.6 is 0 Å². The molecule has 0 N–H and O–H groups in total. The lowest BCUT2D eigenvalue weighted by Gasteiger charge is -2.45. The van der Waals surface area contributed by atoms with E-state index < -0.39 is 0 Å². The van der Waals surface area contributed by atoms with E-state index in [1.54, 1.807) is 0 Å². The Bertz CT molecular complexity index is 193. The number of ether oxygens (including phenoxy) is 1. The molecule has 2 fully saturated rings. The lowest BCUT2D eigenvalue weighted by Crippen LogP contribution is -2.53. The number of likely N-dealkylation sites (tertiary alicyclic amines) is 1. The van der Waals surface area contributed by atoms with Crippen LogP contribution < -0.4 is 0 Å². The maximum Gasteiger partial charge on any atom is 0.0631 e. The van der Waals surface area contributed by atoms with Crippen LogP contribution in [-0.4, -0.2) is 36.2 Å². The molecule has 3 atom stereocenters. The third-order valence-electron chi connectivity index (χ3n) is 4.12. The van der Waals surface area contributed by atoms with Crippen molar-refractivity contribution >= 4 is 0 Å². The molecule has 2 aliphatic heterocycles. The molecule has 0 spiro atoms. The lowest BCUT2D eigenvalue weighted by atomic mass is 9.84. The van der Waals surface area contributed by atoms with Crippen molar-refractivity contribution in [3.63, 3.8) is 0 Å². The van der Waals surface area contributed by atoms with E-state index in [0.29, 0.717) is 12.1 Å². The normalized spacial score (nSPS) is 37.6. The molecule has 2 heterocycles. The zero-order chi connectivity index (χ0) is 11.0. The van der Waals surface area contributed by atoms with Crippen molar-refractivity contribution < 1.29 is 4.74 Å². The number of piperidine rings is 1. The Balaban J connectivity index is 2.07. The average Bonchev–Trinajstić information content (AvgIpc) is 2.61. The summed E-state index contributed by atoms with van der Waals surface area (Å²) in [5, 5.41) is 0. The van der Waals surface area contributed by atoms with Gasteiger partial charge in [-0.2, -0.15) is 0 Å². The van der Waals surface area contributed by atoms with Crippen molar-refractivity contribution in [1.82, 2.24) is 4.90 Å². The fraction of sp³-hybridized carbons (Fsp3) is 1.00. The highest BCUT2D eigenvalue weighted by molar-refractivity contribution is 4.92. The number of fused-ring (bicyclic) bond motifs is 1. The molecule has 2 rings (SSSR count). The van der Waals surface area contributed by atoms with Crippen LogP contribution in [0.2, 0.25) is 0 Å². The zero-order valence-electron chi connectivity index (χ0n) is 10.6. The molecule has 0 aromatic heterocycles. The van der Waals surface area contributed by atoms with Gasteiger partial charge in [0.05, 0.1) is 6.10 Å². The van der Waals surface area contributed by atoms with E-state index in [1.165, 1.54) is 19.4 Å². The number of hydrogen-bond acceptors (Lipinski definition) is 2. The van der Waals surface area contributed by atoms with Gasteiger partial charge in [0.1, 0.15) is 0 Å². The fourth-order valence-corrected chi connectivity index (χ4v) is 3.19. The van der Waals surface area contributed by atoms with E-state index in [1.807, 2.05) is 0 Å². The molecule has 3 unspecified atom stereocenters. The SMILES string of the molecule is CC(C)C1CC2OCCC2CN1C(C)C. The Morgan fingerprint density at radius 3 is 2.53 bits per heavy atom. The largest absolute Gasteiger partial charge is 0.378 e. The van der Waals surface area contributed by atoms with Gasteiger partial charge in [-0.1, -0.05) is 13.8 Å². The summed E-state index contributed by atoms with van der Waals surface area (Å²) >= 11 is 0. The van der Waals surface area contributed by atoms with E-state index in [4.69, 9.17) is 4.74 Å². The highest BCUT2D eigenvalue weighted by Crippen LogP contribution is 2.35. The molecule has 0 aliphatic carbocycles. The monoisotopic (exact) mass is 211 g/mol. The third kappa shape index (κ3) is 2.21. The Hall–Kier alpha value is -0.0800. The number of nitrogens with zero attached hydrogens (tertiary/aromatic N) is 1. The van der Waals surface area contributed by atoms with Crippen LogP contribution in [0.5, 0.6) is 0 Å². The van der Waals surface area contributed by atoms with Crippen molar-refractivity contribution in [2.24, 2.45) is 11.8 Å². The number of hydrogen-bond donors (Lipinski definition) is 0. The molecule has 2 nitrogen and oxygen atoms in total. The van der Waals surface area contributed by atoms with Gasteiger partial charge in [0.15, 0.2) is 0 Å². The van der Waals surface area contributed by atoms with Crippen LogP contribution in [0.1, 0.15) is 40.5 Å². The highest BCUT2D eigenvalue weighted by atomic mass is 16.5. The average molecular weight is 211 g/mol. The van der Waals surface area contributed by atoms with Gasteiger partial charge in [-0.25, -0.2) is 0 Å². The van der Waals surface area contributed by atoms with Crippen molar-refractivity contribution in [3.8, 4) is 0 Å². The lowest BCUT2D eigenvalue weighted by molar-refractivity contribution is -0.0226. The van der Waals surface area contributed by atoms with Crippen LogP contribution in [0.25, 0.3) is 0 Å². The van der Waals surface area contributed by atoms with Crippen LogP contribution in [0.15, 0.2) is 0 Å². The molecular weight excluding hydrogens is 186 g/mol. The molecular formula is C13H25NO. The topological polar surface area (TPSA) is 12.5 Å². The second-order valence-corrected chi connectivity index (χ2v) is 5.80. The first-order valence-corrected chi connectivity index (χ1v) is 6.47. The fourth-order valence-electron chi connectivity index (χ4n) is 3.19. The summed E-state index contributed by atoms with van der Waals surface area (Å²) in [6.07, 6.45) is 3.09. The van der Waals surface area contributed by atoms with E-state index in [9.17, 15) is 0 Å². The summed E-state index contributed by atoms with van der Waals surface area (Å²) in [5.41, 5.74) is 0. The molecule has 0 aromatic rings. The van der Waals surface area contributed by atoms with E-state index >= 15 is 0 Å². The summed E-state index contributed by atoms with van der Waals surface area (Å²) < 4.78 is 5.84. The predicted molar refractivity (Wildman–Crippen MR) is 62.9 cm³/mol. The van der Waals surface area contributed by atoms with Crippen molar-refractivity contribution in [1.29, 1.82) is 0 Å². The van der Waals surface area contributed by atoms with Gasteiger partial charge in [-0.3, -0.25) is 4.90 Å². The Morgan fingerprint density at radius 1 is 1.20 bits per heavy atom. The van der Waals surface area contributed by atoms with Gasteiger partial charge in [0.2, 0.25) is 0 Å². The van der Waals surface area contributed by atoms with Crippen LogP contribution in [0, 0.1) is 11.8 Å². The molecule has 2 aliphatic rings. The summed E-state index contributed by atoms with van der Waals surface area (Å²) in [6, 6.07) is 1.41. The Kier molecular flexibility index (Phi) is 3.36. The highest BCUT2D eigenvalue weighted by Gasteiger charge is 2.40. The van der Waals surface area contributed by atoms with Crippen molar-refractivity contribution in [2.45, 2.75) is 58.7 Å². The molecule has 2 heteroatoms. The first kappa shape index (κ1) is 11.4.